The molecule has 0 aromatic heterocycles. The highest BCUT2D eigenvalue weighted by Crippen LogP contribution is 2.48. The van der Waals surface area contributed by atoms with Crippen LogP contribution in [0.3, 0.4) is 0 Å². The molecule has 126 valence electrons. The molecule has 0 heterocycles. The number of carbonyl (C=O) groups is 1. The third kappa shape index (κ3) is 3.48. The van der Waals surface area contributed by atoms with Crippen molar-refractivity contribution in [2.75, 3.05) is 6.54 Å². The van der Waals surface area contributed by atoms with Crippen LogP contribution < -0.4 is 5.32 Å². The van der Waals surface area contributed by atoms with Crippen molar-refractivity contribution in [2.45, 2.75) is 38.5 Å². The molecule has 0 spiro atoms. The normalized spacial score (nSPS) is 15.2. The lowest BCUT2D eigenvalue weighted by molar-refractivity contribution is -0.123. The number of benzene rings is 2. The monoisotopic (exact) mass is 329 g/mol. The van der Waals surface area contributed by atoms with Crippen molar-refractivity contribution in [3.63, 3.8) is 0 Å². The van der Waals surface area contributed by atoms with E-state index < -0.39 is 17.0 Å². The number of aryl methyl sites for hydroxylation is 2. The Morgan fingerprint density at radius 3 is 2.12 bits per heavy atom. The quantitative estimate of drug-likeness (QED) is 0.883. The molecule has 3 rings (SSSR count). The van der Waals surface area contributed by atoms with Gasteiger partial charge >= 0.3 is 0 Å². The Hall–Kier alpha value is -2.23. The molecule has 1 saturated carbocycles. The van der Waals surface area contributed by atoms with Crippen LogP contribution in [0.2, 0.25) is 0 Å². The molecule has 4 heteroatoms. The van der Waals surface area contributed by atoms with Gasteiger partial charge in [-0.2, -0.15) is 0 Å². The number of hydrogen-bond donors (Lipinski definition) is 1. The van der Waals surface area contributed by atoms with Crippen LogP contribution in [0.5, 0.6) is 0 Å². The van der Waals surface area contributed by atoms with Crippen LogP contribution in [0, 0.1) is 25.5 Å². The molecule has 0 atom stereocenters. The highest BCUT2D eigenvalue weighted by atomic mass is 19.1. The van der Waals surface area contributed by atoms with Crippen molar-refractivity contribution < 1.29 is 13.6 Å². The number of nitrogens with one attached hydrogen (secondary N) is 1. The molecule has 0 unspecified atom stereocenters. The van der Waals surface area contributed by atoms with E-state index in [0.29, 0.717) is 18.5 Å². The van der Waals surface area contributed by atoms with Gasteiger partial charge in [0.1, 0.15) is 11.6 Å². The Bertz CT molecular complexity index is 741. The maximum atomic E-state index is 13.2. The van der Waals surface area contributed by atoms with E-state index in [0.717, 1.165) is 35.6 Å². The number of carbonyl (C=O) groups excluding carboxylic acids is 1. The van der Waals surface area contributed by atoms with Crippen LogP contribution >= 0.6 is 0 Å². The molecule has 1 fully saturated rings. The molecule has 1 aliphatic carbocycles. The smallest absolute Gasteiger partial charge is 0.230 e. The first kappa shape index (κ1) is 16.6. The summed E-state index contributed by atoms with van der Waals surface area (Å²) in [5, 5.41) is 2.93. The third-order valence-corrected chi connectivity index (χ3v) is 4.58. The highest BCUT2D eigenvalue weighted by molar-refractivity contribution is 5.91. The standard InChI is InChI=1S/C20H21F2NO/c1-13-7-14(2)9-16(8-13)20(4-5-20)19(24)23-6-3-15-10-17(21)12-18(22)11-15/h7-12H,3-6H2,1-2H3,(H,23,24). The largest absolute Gasteiger partial charge is 0.355 e. The van der Waals surface area contributed by atoms with E-state index in [4.69, 9.17) is 0 Å². The number of halogens is 2. The van der Waals surface area contributed by atoms with Crippen molar-refractivity contribution >= 4 is 5.91 Å². The Morgan fingerprint density at radius 2 is 1.58 bits per heavy atom. The molecular formula is C20H21F2NO. The lowest BCUT2D eigenvalue weighted by Gasteiger charge is -2.17. The minimum absolute atomic E-state index is 0.00405. The van der Waals surface area contributed by atoms with E-state index >= 15 is 0 Å². The predicted molar refractivity (Wildman–Crippen MR) is 89.9 cm³/mol. The Balaban J connectivity index is 1.64. The molecule has 1 aliphatic rings. The first-order valence-electron chi connectivity index (χ1n) is 8.21. The number of amides is 1. The number of rotatable bonds is 5. The van der Waals surface area contributed by atoms with Gasteiger partial charge < -0.3 is 5.32 Å². The first-order chi connectivity index (χ1) is 11.4. The minimum atomic E-state index is -0.592. The molecular weight excluding hydrogens is 308 g/mol. The van der Waals surface area contributed by atoms with Crippen molar-refractivity contribution in [3.05, 3.63) is 70.3 Å². The van der Waals surface area contributed by atoms with E-state index in [2.05, 4.69) is 23.5 Å². The summed E-state index contributed by atoms with van der Waals surface area (Å²) in [6.45, 7) is 4.43. The van der Waals surface area contributed by atoms with E-state index in [1.807, 2.05) is 13.8 Å². The zero-order chi connectivity index (χ0) is 17.3. The molecule has 1 N–H and O–H groups in total. The zero-order valence-electron chi connectivity index (χ0n) is 14.0. The summed E-state index contributed by atoms with van der Waals surface area (Å²) < 4.78 is 26.4. The Labute approximate surface area is 140 Å². The molecule has 0 saturated heterocycles. The second-order valence-electron chi connectivity index (χ2n) is 6.74. The van der Waals surface area contributed by atoms with Gasteiger partial charge in [0.05, 0.1) is 5.41 Å². The van der Waals surface area contributed by atoms with Crippen LogP contribution in [0.25, 0.3) is 0 Å². The van der Waals surface area contributed by atoms with Crippen molar-refractivity contribution in [3.8, 4) is 0 Å². The van der Waals surface area contributed by atoms with E-state index in [-0.39, 0.29) is 5.91 Å². The summed E-state index contributed by atoms with van der Waals surface area (Å²) in [5.41, 5.74) is 3.49. The van der Waals surface area contributed by atoms with Gasteiger partial charge in [-0.15, -0.1) is 0 Å². The lowest BCUT2D eigenvalue weighted by Crippen LogP contribution is -2.36. The maximum absolute atomic E-state index is 13.2. The second-order valence-corrected chi connectivity index (χ2v) is 6.74. The van der Waals surface area contributed by atoms with Gasteiger partial charge in [-0.05, 0) is 56.4 Å². The summed E-state index contributed by atoms with van der Waals surface area (Å²) in [5.74, 6) is -1.18. The van der Waals surface area contributed by atoms with Crippen LogP contribution in [0.1, 0.15) is 35.1 Å². The second kappa shape index (κ2) is 6.34. The van der Waals surface area contributed by atoms with Crippen LogP contribution in [-0.4, -0.2) is 12.5 Å². The van der Waals surface area contributed by atoms with E-state index in [1.165, 1.54) is 12.1 Å². The zero-order valence-corrected chi connectivity index (χ0v) is 14.0. The predicted octanol–water partition coefficient (Wildman–Crippen LogP) is 3.97. The number of hydrogen-bond acceptors (Lipinski definition) is 1. The van der Waals surface area contributed by atoms with Crippen molar-refractivity contribution in [2.24, 2.45) is 0 Å². The first-order valence-corrected chi connectivity index (χ1v) is 8.21. The summed E-state index contributed by atoms with van der Waals surface area (Å²) in [6.07, 6.45) is 2.09. The van der Waals surface area contributed by atoms with Crippen LogP contribution in [-0.2, 0) is 16.6 Å². The summed E-state index contributed by atoms with van der Waals surface area (Å²) in [7, 11) is 0. The molecule has 0 bridgehead atoms. The van der Waals surface area contributed by atoms with E-state index in [9.17, 15) is 13.6 Å². The van der Waals surface area contributed by atoms with Gasteiger partial charge in [-0.1, -0.05) is 29.3 Å². The topological polar surface area (TPSA) is 29.1 Å². The minimum Gasteiger partial charge on any atom is -0.355 e. The summed E-state index contributed by atoms with van der Waals surface area (Å²) in [6, 6.07) is 9.68. The van der Waals surface area contributed by atoms with E-state index in [1.54, 1.807) is 0 Å². The Morgan fingerprint density at radius 1 is 1.00 bits per heavy atom. The van der Waals surface area contributed by atoms with Gasteiger partial charge in [0.2, 0.25) is 5.91 Å². The molecule has 0 radical (unpaired) electrons. The highest BCUT2D eigenvalue weighted by Gasteiger charge is 2.51. The van der Waals surface area contributed by atoms with Crippen LogP contribution in [0.4, 0.5) is 8.78 Å². The van der Waals surface area contributed by atoms with Gasteiger partial charge in [0, 0.05) is 12.6 Å². The van der Waals surface area contributed by atoms with Gasteiger partial charge in [-0.3, -0.25) is 4.79 Å². The summed E-state index contributed by atoms with van der Waals surface area (Å²) >= 11 is 0. The Kier molecular flexibility index (Phi) is 4.39. The summed E-state index contributed by atoms with van der Waals surface area (Å²) in [4.78, 5) is 12.6. The van der Waals surface area contributed by atoms with Crippen molar-refractivity contribution in [1.29, 1.82) is 0 Å². The third-order valence-electron chi connectivity index (χ3n) is 4.58. The average Bonchev–Trinajstić information content (AvgIpc) is 3.26. The van der Waals surface area contributed by atoms with Crippen LogP contribution in [0.15, 0.2) is 36.4 Å². The fourth-order valence-corrected chi connectivity index (χ4v) is 3.27. The van der Waals surface area contributed by atoms with Gasteiger partial charge in [-0.25, -0.2) is 8.78 Å². The molecule has 2 aromatic rings. The fourth-order valence-electron chi connectivity index (χ4n) is 3.27. The molecule has 1 amide bonds. The van der Waals surface area contributed by atoms with Crippen molar-refractivity contribution in [1.82, 2.24) is 5.32 Å². The fraction of sp³-hybridized carbons (Fsp3) is 0.350. The molecule has 2 nitrogen and oxygen atoms in total. The average molecular weight is 329 g/mol. The molecule has 2 aromatic carbocycles. The van der Waals surface area contributed by atoms with Gasteiger partial charge in [0.15, 0.2) is 0 Å². The molecule has 24 heavy (non-hydrogen) atoms. The molecule has 0 aliphatic heterocycles. The lowest BCUT2D eigenvalue weighted by atomic mass is 9.92. The van der Waals surface area contributed by atoms with Gasteiger partial charge in [0.25, 0.3) is 0 Å². The SMILES string of the molecule is Cc1cc(C)cc(C2(C(=O)NCCc3cc(F)cc(F)c3)CC2)c1. The maximum Gasteiger partial charge on any atom is 0.230 e.